The van der Waals surface area contributed by atoms with E-state index in [1.54, 1.807) is 4.90 Å². The number of hydrogen-bond acceptors (Lipinski definition) is 3. The predicted octanol–water partition coefficient (Wildman–Crippen LogP) is 2.03. The molecule has 0 radical (unpaired) electrons. The molecule has 0 aromatic carbocycles. The molecule has 0 saturated carbocycles. The Balaban J connectivity index is 3.95. The lowest BCUT2D eigenvalue weighted by molar-refractivity contribution is -0.138. The van der Waals surface area contributed by atoms with E-state index in [4.69, 9.17) is 10.2 Å². The lowest BCUT2D eigenvalue weighted by atomic mass is 10.1. The van der Waals surface area contributed by atoms with Gasteiger partial charge in [-0.25, -0.2) is 0 Å². The van der Waals surface area contributed by atoms with Crippen LogP contribution in [0.15, 0.2) is 0 Å². The van der Waals surface area contributed by atoms with Gasteiger partial charge in [0.15, 0.2) is 0 Å². The summed E-state index contributed by atoms with van der Waals surface area (Å²) < 4.78 is 0. The summed E-state index contributed by atoms with van der Waals surface area (Å²) in [7, 11) is 0. The van der Waals surface area contributed by atoms with E-state index in [0.717, 1.165) is 19.3 Å². The smallest absolute Gasteiger partial charge is 0.305 e. The van der Waals surface area contributed by atoms with Crippen molar-refractivity contribution in [3.05, 3.63) is 0 Å². The molecule has 0 saturated heterocycles. The van der Waals surface area contributed by atoms with Crippen LogP contribution in [0.3, 0.4) is 0 Å². The van der Waals surface area contributed by atoms with Crippen molar-refractivity contribution in [3.8, 4) is 0 Å². The number of carboxylic acids is 1. The van der Waals surface area contributed by atoms with Crippen LogP contribution in [0.1, 0.15) is 58.3 Å². The van der Waals surface area contributed by atoms with Gasteiger partial charge in [-0.1, -0.05) is 32.6 Å². The molecule has 5 heteroatoms. The second-order valence-electron chi connectivity index (χ2n) is 4.77. The first-order chi connectivity index (χ1) is 9.11. The fraction of sp³-hybridized carbons (Fsp3) is 0.857. The second kappa shape index (κ2) is 12.0. The molecule has 0 aliphatic heterocycles. The molecular weight excluding hydrogens is 246 g/mol. The lowest BCUT2D eigenvalue weighted by Crippen LogP contribution is -2.34. The first kappa shape index (κ1) is 17.9. The molecule has 5 nitrogen and oxygen atoms in total. The molecule has 0 aromatic rings. The predicted molar refractivity (Wildman–Crippen MR) is 73.9 cm³/mol. The normalized spacial score (nSPS) is 10.4. The zero-order valence-corrected chi connectivity index (χ0v) is 11.9. The minimum Gasteiger partial charge on any atom is -0.481 e. The van der Waals surface area contributed by atoms with Crippen LogP contribution in [0, 0.1) is 0 Å². The van der Waals surface area contributed by atoms with Crippen LogP contribution in [0.5, 0.6) is 0 Å². The molecule has 0 spiro atoms. The Hall–Kier alpha value is -1.10. The molecule has 112 valence electrons. The quantitative estimate of drug-likeness (QED) is 0.533. The molecule has 0 fully saturated rings. The summed E-state index contributed by atoms with van der Waals surface area (Å²) in [6, 6.07) is 0. The molecular formula is C14H27NO4. The first-order valence-electron chi connectivity index (χ1n) is 7.22. The fourth-order valence-electron chi connectivity index (χ4n) is 1.89. The minimum atomic E-state index is -0.898. The average molecular weight is 273 g/mol. The summed E-state index contributed by atoms with van der Waals surface area (Å²) >= 11 is 0. The molecule has 0 atom stereocenters. The number of hydrogen-bond donors (Lipinski definition) is 2. The minimum absolute atomic E-state index is 0.00574. The van der Waals surface area contributed by atoms with E-state index in [9.17, 15) is 9.59 Å². The lowest BCUT2D eigenvalue weighted by Gasteiger charge is -2.21. The van der Waals surface area contributed by atoms with Gasteiger partial charge >= 0.3 is 5.97 Å². The van der Waals surface area contributed by atoms with Crippen molar-refractivity contribution in [2.45, 2.75) is 58.3 Å². The average Bonchev–Trinajstić information content (AvgIpc) is 2.38. The van der Waals surface area contributed by atoms with Crippen molar-refractivity contribution in [1.29, 1.82) is 0 Å². The van der Waals surface area contributed by atoms with E-state index in [0.29, 0.717) is 19.4 Å². The number of aliphatic hydroxyl groups excluding tert-OH is 1. The molecule has 0 unspecified atom stereocenters. The van der Waals surface area contributed by atoms with Crippen LogP contribution in [-0.2, 0) is 9.59 Å². The Bertz CT molecular complexity index is 256. The topological polar surface area (TPSA) is 77.8 Å². The Morgan fingerprint density at radius 1 is 0.947 bits per heavy atom. The molecule has 2 N–H and O–H groups in total. The highest BCUT2D eigenvalue weighted by Gasteiger charge is 2.13. The number of unbranched alkanes of at least 4 members (excludes halogenated alkanes) is 4. The standard InChI is InChI=1S/C14H27NO4/c1-2-3-4-5-6-8-13(17)15(10-7-12-16)11-9-14(18)19/h16H,2-12H2,1H3,(H,18,19). The number of carbonyl (C=O) groups is 2. The summed E-state index contributed by atoms with van der Waals surface area (Å²) in [5.41, 5.74) is 0. The van der Waals surface area contributed by atoms with Crippen molar-refractivity contribution in [2.24, 2.45) is 0 Å². The fourth-order valence-corrected chi connectivity index (χ4v) is 1.89. The van der Waals surface area contributed by atoms with Crippen LogP contribution in [0.25, 0.3) is 0 Å². The Kier molecular flexibility index (Phi) is 11.3. The van der Waals surface area contributed by atoms with Gasteiger partial charge in [0.1, 0.15) is 0 Å². The van der Waals surface area contributed by atoms with Crippen molar-refractivity contribution in [2.75, 3.05) is 19.7 Å². The van der Waals surface area contributed by atoms with Crippen LogP contribution < -0.4 is 0 Å². The summed E-state index contributed by atoms with van der Waals surface area (Å²) in [6.07, 6.45) is 6.38. The second-order valence-corrected chi connectivity index (χ2v) is 4.77. The van der Waals surface area contributed by atoms with E-state index < -0.39 is 5.97 Å². The third-order valence-corrected chi connectivity index (χ3v) is 3.03. The van der Waals surface area contributed by atoms with Gasteiger partial charge in [-0.05, 0) is 12.8 Å². The molecule has 0 aromatic heterocycles. The number of nitrogens with zero attached hydrogens (tertiary/aromatic N) is 1. The highest BCUT2D eigenvalue weighted by molar-refractivity contribution is 5.77. The zero-order valence-electron chi connectivity index (χ0n) is 11.9. The Morgan fingerprint density at radius 3 is 2.21 bits per heavy atom. The van der Waals surface area contributed by atoms with Crippen LogP contribution in [0.2, 0.25) is 0 Å². The van der Waals surface area contributed by atoms with E-state index in [2.05, 4.69) is 6.92 Å². The van der Waals surface area contributed by atoms with Gasteiger partial charge in [0, 0.05) is 26.1 Å². The maximum atomic E-state index is 11.9. The zero-order chi connectivity index (χ0) is 14.5. The van der Waals surface area contributed by atoms with E-state index in [1.807, 2.05) is 0 Å². The maximum absolute atomic E-state index is 11.9. The van der Waals surface area contributed by atoms with Gasteiger partial charge in [0.2, 0.25) is 5.91 Å². The van der Waals surface area contributed by atoms with Gasteiger partial charge in [-0.3, -0.25) is 9.59 Å². The summed E-state index contributed by atoms with van der Waals surface area (Å²) in [5, 5.41) is 17.4. The van der Waals surface area contributed by atoms with Crippen LogP contribution in [-0.4, -0.2) is 46.7 Å². The van der Waals surface area contributed by atoms with Crippen molar-refractivity contribution >= 4 is 11.9 Å². The number of aliphatic hydroxyl groups is 1. The van der Waals surface area contributed by atoms with Crippen molar-refractivity contribution in [1.82, 2.24) is 4.90 Å². The maximum Gasteiger partial charge on any atom is 0.305 e. The molecule has 0 rings (SSSR count). The molecule has 0 aliphatic carbocycles. The highest BCUT2D eigenvalue weighted by Crippen LogP contribution is 2.08. The summed E-state index contributed by atoms with van der Waals surface area (Å²) in [6.45, 7) is 2.85. The van der Waals surface area contributed by atoms with Gasteiger partial charge in [-0.15, -0.1) is 0 Å². The van der Waals surface area contributed by atoms with Gasteiger partial charge < -0.3 is 15.1 Å². The third-order valence-electron chi connectivity index (χ3n) is 3.03. The largest absolute Gasteiger partial charge is 0.481 e. The Morgan fingerprint density at radius 2 is 1.63 bits per heavy atom. The molecule has 19 heavy (non-hydrogen) atoms. The summed E-state index contributed by atoms with van der Waals surface area (Å²) in [4.78, 5) is 24.1. The molecule has 0 heterocycles. The number of amides is 1. The SMILES string of the molecule is CCCCCCCC(=O)N(CCCO)CCC(=O)O. The van der Waals surface area contributed by atoms with Crippen LogP contribution in [0.4, 0.5) is 0 Å². The van der Waals surface area contributed by atoms with E-state index in [-0.39, 0.29) is 25.5 Å². The van der Waals surface area contributed by atoms with Gasteiger partial charge in [0.05, 0.1) is 6.42 Å². The third kappa shape index (κ3) is 10.5. The summed E-state index contributed by atoms with van der Waals surface area (Å²) in [5.74, 6) is -0.893. The number of carboxylic acid groups (broad SMARTS) is 1. The van der Waals surface area contributed by atoms with E-state index >= 15 is 0 Å². The Labute approximate surface area is 115 Å². The van der Waals surface area contributed by atoms with Crippen molar-refractivity contribution < 1.29 is 19.8 Å². The number of aliphatic carboxylic acids is 1. The highest BCUT2D eigenvalue weighted by atomic mass is 16.4. The van der Waals surface area contributed by atoms with Gasteiger partial charge in [0.25, 0.3) is 0 Å². The molecule has 1 amide bonds. The number of carbonyl (C=O) groups excluding carboxylic acids is 1. The van der Waals surface area contributed by atoms with E-state index in [1.165, 1.54) is 12.8 Å². The van der Waals surface area contributed by atoms with Crippen LogP contribution >= 0.6 is 0 Å². The number of rotatable bonds is 12. The van der Waals surface area contributed by atoms with Crippen molar-refractivity contribution in [3.63, 3.8) is 0 Å². The molecule has 0 bridgehead atoms. The monoisotopic (exact) mass is 273 g/mol. The van der Waals surface area contributed by atoms with Gasteiger partial charge in [-0.2, -0.15) is 0 Å². The molecule has 0 aliphatic rings. The first-order valence-corrected chi connectivity index (χ1v) is 7.22.